The number of carbonyl (C=O) groups is 1. The molecule has 1 atom stereocenters. The van der Waals surface area contributed by atoms with E-state index in [0.717, 1.165) is 55.1 Å². The number of amides is 1. The van der Waals surface area contributed by atoms with Crippen LogP contribution in [-0.4, -0.2) is 29.4 Å². The van der Waals surface area contributed by atoms with E-state index in [1.807, 2.05) is 4.90 Å². The van der Waals surface area contributed by atoms with E-state index in [1.165, 1.54) is 17.2 Å². The minimum Gasteiger partial charge on any atom is -0.355 e. The minimum atomic E-state index is -4.28. The van der Waals surface area contributed by atoms with Crippen molar-refractivity contribution in [2.24, 2.45) is 5.73 Å². The first kappa shape index (κ1) is 27.2. The first-order chi connectivity index (χ1) is 17.1. The number of nitrogens with one attached hydrogen (secondary N) is 1. The molecule has 1 unspecified atom stereocenters. The molecule has 0 saturated carbocycles. The monoisotopic (exact) mass is 498 g/mol. The van der Waals surface area contributed by atoms with Crippen LogP contribution in [0.2, 0.25) is 0 Å². The number of hydrogen-bond acceptors (Lipinski definition) is 4. The molecule has 4 rings (SSSR count). The third-order valence-electron chi connectivity index (χ3n) is 6.27. The number of halogens is 3. The first-order valence-electron chi connectivity index (χ1n) is 12.0. The molecule has 36 heavy (non-hydrogen) atoms. The Balaban J connectivity index is 0.000000275. The van der Waals surface area contributed by atoms with Crippen LogP contribution >= 0.6 is 0 Å². The molecule has 0 radical (unpaired) electrons. The van der Waals surface area contributed by atoms with Gasteiger partial charge in [0.1, 0.15) is 0 Å². The molecule has 1 aliphatic rings. The van der Waals surface area contributed by atoms with Crippen LogP contribution in [-0.2, 0) is 17.5 Å². The van der Waals surface area contributed by atoms with Crippen molar-refractivity contribution in [2.45, 2.75) is 51.7 Å². The second-order valence-electron chi connectivity index (χ2n) is 9.26. The Morgan fingerprint density at radius 1 is 1.17 bits per heavy atom. The van der Waals surface area contributed by atoms with E-state index in [2.05, 4.69) is 66.6 Å². The molecule has 3 aromatic rings. The van der Waals surface area contributed by atoms with Gasteiger partial charge in [-0.15, -0.1) is 0 Å². The second kappa shape index (κ2) is 12.0. The van der Waals surface area contributed by atoms with Gasteiger partial charge >= 0.3 is 6.18 Å². The lowest BCUT2D eigenvalue weighted by Gasteiger charge is -2.18. The quantitative estimate of drug-likeness (QED) is 0.388. The van der Waals surface area contributed by atoms with Crippen LogP contribution in [0, 0.1) is 6.92 Å². The van der Waals surface area contributed by atoms with Crippen LogP contribution < -0.4 is 11.1 Å². The lowest BCUT2D eigenvalue weighted by atomic mass is 9.93. The number of benzene rings is 2. The maximum Gasteiger partial charge on any atom is 0.417 e. The van der Waals surface area contributed by atoms with Crippen molar-refractivity contribution in [3.05, 3.63) is 88.7 Å². The molecule has 1 fully saturated rings. The Labute approximate surface area is 210 Å². The van der Waals surface area contributed by atoms with E-state index >= 15 is 0 Å². The lowest BCUT2D eigenvalue weighted by molar-refractivity contribution is -0.137. The van der Waals surface area contributed by atoms with Crippen molar-refractivity contribution in [3.63, 3.8) is 0 Å². The van der Waals surface area contributed by atoms with Gasteiger partial charge in [0.25, 0.3) is 0 Å². The van der Waals surface area contributed by atoms with Gasteiger partial charge in [-0.3, -0.25) is 9.78 Å². The summed E-state index contributed by atoms with van der Waals surface area (Å²) in [7, 11) is 0. The van der Waals surface area contributed by atoms with Crippen LogP contribution in [0.4, 0.5) is 24.5 Å². The van der Waals surface area contributed by atoms with Crippen molar-refractivity contribution in [1.29, 1.82) is 0 Å². The topological polar surface area (TPSA) is 71.2 Å². The predicted octanol–water partition coefficient (Wildman–Crippen LogP) is 6.37. The summed E-state index contributed by atoms with van der Waals surface area (Å²) in [5, 5.41) is 3.54. The normalized spacial score (nSPS) is 15.4. The fourth-order valence-corrected chi connectivity index (χ4v) is 4.30. The van der Waals surface area contributed by atoms with Crippen molar-refractivity contribution in [3.8, 4) is 0 Å². The molecule has 1 aliphatic heterocycles. The Hall–Kier alpha value is -3.39. The summed E-state index contributed by atoms with van der Waals surface area (Å²) in [6.07, 6.45) is -1.49. The molecule has 3 N–H and O–H groups in total. The van der Waals surface area contributed by atoms with Crippen LogP contribution in [0.15, 0.2) is 60.8 Å². The van der Waals surface area contributed by atoms with Gasteiger partial charge in [-0.1, -0.05) is 38.1 Å². The standard InChI is InChI=1S/C21H27N3O.C7H6F3N/c1-15(2)19-5-3-4-6-21(19)23-18-7-8-20(17(11-18)12-22)16-9-10-24(13-16)14-25;1-5-2-3-6(4-11-5)7(8,9)10/h3-8,11,14-16,23H,9-10,12-13,22H2,1-2H3;2-4H,1H3. The molecule has 2 heterocycles. The van der Waals surface area contributed by atoms with Crippen LogP contribution in [0.3, 0.4) is 0 Å². The zero-order valence-electron chi connectivity index (χ0n) is 20.8. The maximum atomic E-state index is 11.9. The van der Waals surface area contributed by atoms with E-state index in [0.29, 0.717) is 24.1 Å². The molecule has 192 valence electrons. The number of para-hydroxylation sites is 1. The first-order valence-corrected chi connectivity index (χ1v) is 12.0. The lowest BCUT2D eigenvalue weighted by Crippen LogP contribution is -2.18. The highest BCUT2D eigenvalue weighted by Crippen LogP contribution is 2.33. The summed E-state index contributed by atoms with van der Waals surface area (Å²) in [5.74, 6) is 0.852. The number of nitrogens with zero attached hydrogens (tertiary/aromatic N) is 2. The zero-order valence-corrected chi connectivity index (χ0v) is 20.8. The van der Waals surface area contributed by atoms with Gasteiger partial charge in [0.15, 0.2) is 0 Å². The summed E-state index contributed by atoms with van der Waals surface area (Å²) in [5.41, 5.74) is 11.8. The Kier molecular flexibility index (Phi) is 9.09. The van der Waals surface area contributed by atoms with Crippen LogP contribution in [0.25, 0.3) is 0 Å². The molecule has 0 aliphatic carbocycles. The number of nitrogens with two attached hydrogens (primary N) is 1. The van der Waals surface area contributed by atoms with Gasteiger partial charge in [0, 0.05) is 48.8 Å². The number of carbonyl (C=O) groups excluding carboxylic acids is 1. The van der Waals surface area contributed by atoms with Gasteiger partial charge in [0.05, 0.1) is 5.56 Å². The van der Waals surface area contributed by atoms with E-state index in [1.54, 1.807) is 6.92 Å². The molecular formula is C28H33F3N4O. The van der Waals surface area contributed by atoms with Gasteiger partial charge in [-0.2, -0.15) is 13.2 Å². The highest BCUT2D eigenvalue weighted by atomic mass is 19.4. The van der Waals surface area contributed by atoms with Crippen molar-refractivity contribution < 1.29 is 18.0 Å². The predicted molar refractivity (Wildman–Crippen MR) is 137 cm³/mol. The Morgan fingerprint density at radius 3 is 2.50 bits per heavy atom. The molecule has 2 aromatic carbocycles. The summed E-state index contributed by atoms with van der Waals surface area (Å²) >= 11 is 0. The summed E-state index contributed by atoms with van der Waals surface area (Å²) in [6.45, 7) is 8.18. The number of hydrogen-bond donors (Lipinski definition) is 2. The minimum absolute atomic E-state index is 0.390. The number of likely N-dealkylation sites (tertiary alicyclic amines) is 1. The summed E-state index contributed by atoms with van der Waals surface area (Å²) in [6, 6.07) is 17.2. The molecule has 1 aromatic heterocycles. The van der Waals surface area contributed by atoms with Gasteiger partial charge in [0.2, 0.25) is 6.41 Å². The SMILES string of the molecule is CC(C)c1ccccc1Nc1ccc(C2CCN(C=O)C2)c(CN)c1.Cc1ccc(C(F)(F)F)cn1. The second-order valence-corrected chi connectivity index (χ2v) is 9.26. The van der Waals surface area contributed by atoms with E-state index < -0.39 is 11.7 Å². The van der Waals surface area contributed by atoms with Gasteiger partial charge < -0.3 is 16.0 Å². The Bertz CT molecular complexity index is 1150. The summed E-state index contributed by atoms with van der Waals surface area (Å²) < 4.78 is 35.6. The molecule has 0 bridgehead atoms. The molecule has 0 spiro atoms. The molecular weight excluding hydrogens is 465 g/mol. The van der Waals surface area contributed by atoms with E-state index in [9.17, 15) is 18.0 Å². The summed E-state index contributed by atoms with van der Waals surface area (Å²) in [4.78, 5) is 16.3. The average molecular weight is 499 g/mol. The maximum absolute atomic E-state index is 11.9. The number of alkyl halides is 3. The molecule has 5 nitrogen and oxygen atoms in total. The number of rotatable bonds is 6. The molecule has 1 amide bonds. The molecule has 1 saturated heterocycles. The van der Waals surface area contributed by atoms with E-state index in [4.69, 9.17) is 5.73 Å². The smallest absolute Gasteiger partial charge is 0.355 e. The van der Waals surface area contributed by atoms with Crippen LogP contribution in [0.1, 0.15) is 60.1 Å². The van der Waals surface area contributed by atoms with Crippen molar-refractivity contribution >= 4 is 17.8 Å². The van der Waals surface area contributed by atoms with E-state index in [-0.39, 0.29) is 0 Å². The van der Waals surface area contributed by atoms with Crippen molar-refractivity contribution in [2.75, 3.05) is 18.4 Å². The fourth-order valence-electron chi connectivity index (χ4n) is 4.30. The number of pyridine rings is 1. The highest BCUT2D eigenvalue weighted by molar-refractivity contribution is 5.65. The third-order valence-corrected chi connectivity index (χ3v) is 6.27. The number of anilines is 2. The number of aromatic nitrogens is 1. The van der Waals surface area contributed by atoms with Crippen molar-refractivity contribution in [1.82, 2.24) is 9.88 Å². The van der Waals surface area contributed by atoms with Gasteiger partial charge in [-0.25, -0.2) is 0 Å². The third kappa shape index (κ3) is 7.07. The largest absolute Gasteiger partial charge is 0.417 e. The fraction of sp³-hybridized carbons (Fsp3) is 0.357. The average Bonchev–Trinajstić information content (AvgIpc) is 3.33. The number of aryl methyl sites for hydroxylation is 1. The van der Waals surface area contributed by atoms with Gasteiger partial charge in [-0.05, 0) is 66.3 Å². The Morgan fingerprint density at radius 2 is 1.92 bits per heavy atom. The zero-order chi connectivity index (χ0) is 26.3. The highest BCUT2D eigenvalue weighted by Gasteiger charge is 2.30. The molecule has 8 heteroatoms. The van der Waals surface area contributed by atoms with Crippen LogP contribution in [0.5, 0.6) is 0 Å².